The van der Waals surface area contributed by atoms with Gasteiger partial charge < -0.3 is 19.7 Å². The molecule has 0 spiro atoms. The Labute approximate surface area is 217 Å². The van der Waals surface area contributed by atoms with Crippen LogP contribution in [0.4, 0.5) is 16.2 Å². The van der Waals surface area contributed by atoms with Crippen LogP contribution in [0.5, 0.6) is 0 Å². The number of aliphatic hydroxyl groups is 1. The average Bonchev–Trinajstić information content (AvgIpc) is 3.58. The van der Waals surface area contributed by atoms with Crippen molar-refractivity contribution >= 4 is 27.4 Å². The summed E-state index contributed by atoms with van der Waals surface area (Å²) in [6.45, 7) is 3.05. The molecule has 0 fully saturated rings. The lowest BCUT2D eigenvalue weighted by Crippen LogP contribution is -2.34. The molecule has 0 radical (unpaired) electrons. The molecule has 0 unspecified atom stereocenters. The Morgan fingerprint density at radius 3 is 2.05 bits per heavy atom. The molecule has 2 aliphatic carbocycles. The van der Waals surface area contributed by atoms with E-state index in [0.29, 0.717) is 5.56 Å². The van der Waals surface area contributed by atoms with E-state index < -0.39 is 26.7 Å². The van der Waals surface area contributed by atoms with Gasteiger partial charge in [0, 0.05) is 37.1 Å². The molecule has 1 heterocycles. The van der Waals surface area contributed by atoms with Gasteiger partial charge in [-0.15, -0.1) is 0 Å². The molecule has 8 nitrogen and oxygen atoms in total. The fourth-order valence-corrected chi connectivity index (χ4v) is 6.32. The lowest BCUT2D eigenvalue weighted by atomic mass is 9.88. The molecule has 3 aromatic rings. The smallest absolute Gasteiger partial charge is 0.333 e. The van der Waals surface area contributed by atoms with Gasteiger partial charge in [0.25, 0.3) is 10.0 Å². The van der Waals surface area contributed by atoms with E-state index in [1.807, 2.05) is 14.1 Å². The highest BCUT2D eigenvalue weighted by Crippen LogP contribution is 2.46. The molecule has 2 amide bonds. The second kappa shape index (κ2) is 9.22. The summed E-state index contributed by atoms with van der Waals surface area (Å²) >= 11 is 0. The Kier molecular flexibility index (Phi) is 6.32. The molecule has 9 heteroatoms. The molecule has 3 N–H and O–H groups in total. The quantitative estimate of drug-likeness (QED) is 0.431. The minimum Gasteiger partial charge on any atom is -0.451 e. The molecule has 5 rings (SSSR count). The number of carbonyl (C=O) groups is 1. The number of nitrogens with one attached hydrogen (secondary N) is 2. The summed E-state index contributed by atoms with van der Waals surface area (Å²) in [6, 6.07) is 8.98. The van der Waals surface area contributed by atoms with E-state index >= 15 is 0 Å². The maximum atomic E-state index is 13.0. The van der Waals surface area contributed by atoms with Crippen LogP contribution in [-0.2, 0) is 41.3 Å². The van der Waals surface area contributed by atoms with Crippen molar-refractivity contribution in [2.45, 2.75) is 63.1 Å². The molecule has 0 saturated heterocycles. The number of rotatable bonds is 6. The number of nitrogens with zero attached hydrogens (tertiary/aromatic N) is 1. The Bertz CT molecular complexity index is 1430. The highest BCUT2D eigenvalue weighted by Gasteiger charge is 2.31. The van der Waals surface area contributed by atoms with E-state index in [1.54, 1.807) is 0 Å². The maximum absolute atomic E-state index is 13.0. The van der Waals surface area contributed by atoms with E-state index in [1.165, 1.54) is 48.4 Å². The van der Waals surface area contributed by atoms with Crippen molar-refractivity contribution in [2.24, 2.45) is 0 Å². The number of carbonyl (C=O) groups excluding carboxylic acids is 1. The van der Waals surface area contributed by atoms with Crippen LogP contribution in [0.25, 0.3) is 11.1 Å². The van der Waals surface area contributed by atoms with E-state index in [0.717, 1.165) is 61.0 Å². The molecule has 196 valence electrons. The maximum Gasteiger partial charge on any atom is 0.333 e. The lowest BCUT2D eigenvalue weighted by Gasteiger charge is -2.21. The van der Waals surface area contributed by atoms with Crippen LogP contribution in [0.2, 0.25) is 0 Å². The van der Waals surface area contributed by atoms with Crippen molar-refractivity contribution < 1.29 is 22.7 Å². The van der Waals surface area contributed by atoms with Gasteiger partial charge in [-0.2, -0.15) is 8.42 Å². The largest absolute Gasteiger partial charge is 0.451 e. The first kappa shape index (κ1) is 25.4. The molecule has 2 aliphatic rings. The molecule has 0 atom stereocenters. The average molecular weight is 524 g/mol. The molecule has 0 saturated carbocycles. The van der Waals surface area contributed by atoms with Crippen LogP contribution >= 0.6 is 0 Å². The number of fused-ring (bicyclic) bond motifs is 2. The fraction of sp³-hybridized carbons (Fsp3) is 0.393. The first-order valence-electron chi connectivity index (χ1n) is 12.6. The minimum atomic E-state index is -4.25. The highest BCUT2D eigenvalue weighted by molar-refractivity contribution is 7.89. The number of hydrogen-bond donors (Lipinski definition) is 3. The normalized spacial score (nSPS) is 14.8. The van der Waals surface area contributed by atoms with Gasteiger partial charge in [0.2, 0.25) is 5.09 Å². The topological polar surface area (TPSA) is 112 Å². The Hall–Kier alpha value is -3.30. The van der Waals surface area contributed by atoms with E-state index in [-0.39, 0.29) is 0 Å². The van der Waals surface area contributed by atoms with Crippen molar-refractivity contribution in [3.63, 3.8) is 0 Å². The zero-order chi connectivity index (χ0) is 26.5. The van der Waals surface area contributed by atoms with Crippen molar-refractivity contribution in [3.05, 3.63) is 64.4 Å². The molecular formula is C28H33N3O5S. The third kappa shape index (κ3) is 4.73. The molecule has 2 aromatic carbocycles. The van der Waals surface area contributed by atoms with Crippen LogP contribution in [-0.4, -0.2) is 33.7 Å². The Morgan fingerprint density at radius 1 is 0.973 bits per heavy atom. The van der Waals surface area contributed by atoms with Gasteiger partial charge in [0.05, 0.1) is 11.9 Å². The van der Waals surface area contributed by atoms with Gasteiger partial charge in [0.1, 0.15) is 0 Å². The summed E-state index contributed by atoms with van der Waals surface area (Å²) in [6.07, 6.45) is 6.67. The van der Waals surface area contributed by atoms with Crippen molar-refractivity contribution in [3.8, 4) is 11.1 Å². The number of amides is 2. The number of anilines is 2. The SMILES string of the molecule is CN(C)c1ccc(-c2c3c(c(NC(=O)NS(=O)(=O)c4cc(C(C)(C)O)co4)c4c2CCC4)CCC3)cc1. The first-order valence-corrected chi connectivity index (χ1v) is 14.1. The van der Waals surface area contributed by atoms with E-state index in [2.05, 4.69) is 39.2 Å². The summed E-state index contributed by atoms with van der Waals surface area (Å²) in [5, 5.41) is 12.6. The second-order valence-electron chi connectivity index (χ2n) is 10.6. The zero-order valence-electron chi connectivity index (χ0n) is 21.6. The highest BCUT2D eigenvalue weighted by atomic mass is 32.2. The summed E-state index contributed by atoms with van der Waals surface area (Å²) in [5.41, 5.74) is 8.07. The summed E-state index contributed by atoms with van der Waals surface area (Å²) in [4.78, 5) is 15.0. The number of sulfonamides is 1. The van der Waals surface area contributed by atoms with Crippen LogP contribution in [0, 0.1) is 0 Å². The molecule has 37 heavy (non-hydrogen) atoms. The van der Waals surface area contributed by atoms with E-state index in [9.17, 15) is 18.3 Å². The minimum absolute atomic E-state index is 0.304. The van der Waals surface area contributed by atoms with E-state index in [4.69, 9.17) is 4.42 Å². The van der Waals surface area contributed by atoms with Gasteiger partial charge in [-0.3, -0.25) is 0 Å². The third-order valence-electron chi connectivity index (χ3n) is 7.33. The van der Waals surface area contributed by atoms with Crippen molar-refractivity contribution in [1.82, 2.24) is 4.72 Å². The predicted octanol–water partition coefficient (Wildman–Crippen LogP) is 4.73. The molecule has 0 aliphatic heterocycles. The van der Waals surface area contributed by atoms with Gasteiger partial charge in [-0.25, -0.2) is 9.52 Å². The summed E-state index contributed by atoms with van der Waals surface area (Å²) < 4.78 is 32.8. The van der Waals surface area contributed by atoms with Crippen LogP contribution in [0.3, 0.4) is 0 Å². The fourth-order valence-electron chi connectivity index (χ4n) is 5.47. The number of benzene rings is 2. The van der Waals surface area contributed by atoms with Gasteiger partial charge in [-0.1, -0.05) is 12.1 Å². The Balaban J connectivity index is 1.46. The standard InChI is InChI=1S/C28H33N3O5S/c1-28(2,33)18-15-24(36-16-18)37(34,35)30-27(32)29-26-22-9-5-7-20(22)25(21-8-6-10-23(21)26)17-11-13-19(14-12-17)31(3)4/h11-16,33H,5-10H2,1-4H3,(H2,29,30,32). The first-order chi connectivity index (χ1) is 17.5. The third-order valence-corrected chi connectivity index (χ3v) is 8.53. The van der Waals surface area contributed by atoms with Crippen LogP contribution < -0.4 is 14.9 Å². The molecule has 0 bridgehead atoms. The van der Waals surface area contributed by atoms with Crippen LogP contribution in [0.15, 0.2) is 46.1 Å². The number of urea groups is 1. The molecular weight excluding hydrogens is 490 g/mol. The van der Waals surface area contributed by atoms with Crippen molar-refractivity contribution in [2.75, 3.05) is 24.3 Å². The van der Waals surface area contributed by atoms with Gasteiger partial charge in [-0.05, 0) is 97.9 Å². The number of hydrogen-bond acceptors (Lipinski definition) is 6. The zero-order valence-corrected chi connectivity index (χ0v) is 22.5. The molecule has 1 aromatic heterocycles. The summed E-state index contributed by atoms with van der Waals surface area (Å²) in [7, 11) is -0.209. The predicted molar refractivity (Wildman–Crippen MR) is 144 cm³/mol. The second-order valence-corrected chi connectivity index (χ2v) is 12.2. The van der Waals surface area contributed by atoms with Crippen molar-refractivity contribution in [1.29, 1.82) is 0 Å². The number of furan rings is 1. The lowest BCUT2D eigenvalue weighted by molar-refractivity contribution is 0.0779. The van der Waals surface area contributed by atoms with Gasteiger partial charge in [0.15, 0.2) is 0 Å². The monoisotopic (exact) mass is 523 g/mol. The van der Waals surface area contributed by atoms with Gasteiger partial charge >= 0.3 is 6.03 Å². The summed E-state index contributed by atoms with van der Waals surface area (Å²) in [5.74, 6) is 0. The van der Waals surface area contributed by atoms with Crippen LogP contribution in [0.1, 0.15) is 54.5 Å². The Morgan fingerprint density at radius 2 is 1.54 bits per heavy atom.